The van der Waals surface area contributed by atoms with Crippen molar-refractivity contribution in [2.24, 2.45) is 5.92 Å². The van der Waals surface area contributed by atoms with Gasteiger partial charge in [-0.15, -0.1) is 0 Å². The van der Waals surface area contributed by atoms with Crippen LogP contribution < -0.4 is 20.1 Å². The number of hydrogen-bond donors (Lipinski definition) is 3. The number of fused-ring (bicyclic) bond motifs is 1. The van der Waals surface area contributed by atoms with Crippen molar-refractivity contribution >= 4 is 46.0 Å². The van der Waals surface area contributed by atoms with Crippen molar-refractivity contribution in [1.29, 1.82) is 0 Å². The molecule has 1 aliphatic heterocycles. The van der Waals surface area contributed by atoms with Crippen molar-refractivity contribution in [2.45, 2.75) is 70.2 Å². The molecule has 2 aliphatic rings. The summed E-state index contributed by atoms with van der Waals surface area (Å²) in [5.74, 6) is 0.415. The zero-order valence-electron chi connectivity index (χ0n) is 31.3. The van der Waals surface area contributed by atoms with E-state index in [1.54, 1.807) is 14.2 Å². The van der Waals surface area contributed by atoms with Crippen LogP contribution >= 0.6 is 23.2 Å². The molecule has 2 fully saturated rings. The Kier molecular flexibility index (Phi) is 11.9. The Hall–Kier alpha value is -4.68. The van der Waals surface area contributed by atoms with Gasteiger partial charge in [-0.25, -0.2) is 4.98 Å². The van der Waals surface area contributed by atoms with Crippen LogP contribution in [0.3, 0.4) is 0 Å². The lowest BCUT2D eigenvalue weighted by atomic mass is 9.85. The molecule has 3 heterocycles. The predicted molar refractivity (Wildman–Crippen MR) is 215 cm³/mol. The first kappa shape index (κ1) is 38.6. The lowest BCUT2D eigenvalue weighted by Crippen LogP contribution is -2.36. The number of halogens is 2. The summed E-state index contributed by atoms with van der Waals surface area (Å²) in [6, 6.07) is 20.6. The van der Waals surface area contributed by atoms with Gasteiger partial charge in [-0.1, -0.05) is 65.7 Å². The van der Waals surface area contributed by atoms with E-state index in [4.69, 9.17) is 42.8 Å². The van der Waals surface area contributed by atoms with E-state index in [9.17, 15) is 14.7 Å². The number of pyridine rings is 1. The van der Waals surface area contributed by atoms with Crippen molar-refractivity contribution in [3.63, 3.8) is 0 Å². The molecule has 0 radical (unpaired) electrons. The van der Waals surface area contributed by atoms with Crippen molar-refractivity contribution in [1.82, 2.24) is 30.3 Å². The number of hydrogen-bond acceptors (Lipinski definition) is 8. The SMILES string of the molecule is COc1cc(-c2cccc(-c3cccc4c3cnn4Cc3nc(OC)c(CN(C)C4CCC(C(=O)O)CC4)cc3Cl)c2Cl)ccc1CNC[C@@H]1CCC(=O)N1. The topological polar surface area (TPSA) is 131 Å². The fourth-order valence-electron chi connectivity index (χ4n) is 7.95. The largest absolute Gasteiger partial charge is 0.496 e. The van der Waals surface area contributed by atoms with Gasteiger partial charge in [0.2, 0.25) is 11.8 Å². The second-order valence-corrected chi connectivity index (χ2v) is 15.3. The first-order chi connectivity index (χ1) is 26.6. The number of carboxylic acid groups (broad SMARTS) is 1. The van der Waals surface area contributed by atoms with Gasteiger partial charge in [0.25, 0.3) is 0 Å². The Morgan fingerprint density at radius 1 is 0.982 bits per heavy atom. The average molecular weight is 786 g/mol. The minimum atomic E-state index is -0.703. The normalized spacial score (nSPS) is 18.5. The molecule has 1 aliphatic carbocycles. The molecule has 1 saturated heterocycles. The summed E-state index contributed by atoms with van der Waals surface area (Å²) in [7, 11) is 5.33. The van der Waals surface area contributed by atoms with Crippen LogP contribution in [0, 0.1) is 5.92 Å². The molecule has 7 rings (SSSR count). The number of rotatable bonds is 14. The summed E-state index contributed by atoms with van der Waals surface area (Å²) < 4.78 is 13.4. The molecule has 0 spiro atoms. The summed E-state index contributed by atoms with van der Waals surface area (Å²) in [5, 5.41) is 22.7. The van der Waals surface area contributed by atoms with Crippen LogP contribution in [-0.2, 0) is 29.2 Å². The van der Waals surface area contributed by atoms with Gasteiger partial charge in [-0.3, -0.25) is 19.2 Å². The number of nitrogens with one attached hydrogen (secondary N) is 2. The highest BCUT2D eigenvalue weighted by Gasteiger charge is 2.29. The highest BCUT2D eigenvalue weighted by Crippen LogP contribution is 2.40. The molecule has 1 atom stereocenters. The number of ether oxygens (including phenoxy) is 2. The maximum atomic E-state index is 11.6. The summed E-state index contributed by atoms with van der Waals surface area (Å²) in [5.41, 5.74) is 7.11. The Balaban J connectivity index is 1.09. The molecule has 0 unspecified atom stereocenters. The second kappa shape index (κ2) is 17.0. The second-order valence-electron chi connectivity index (χ2n) is 14.5. The first-order valence-corrected chi connectivity index (χ1v) is 19.4. The third-order valence-electron chi connectivity index (χ3n) is 11.0. The number of carbonyl (C=O) groups is 2. The Morgan fingerprint density at radius 2 is 1.75 bits per heavy atom. The van der Waals surface area contributed by atoms with Crippen LogP contribution in [0.25, 0.3) is 33.2 Å². The number of aromatic nitrogens is 3. The zero-order chi connectivity index (χ0) is 38.6. The van der Waals surface area contributed by atoms with Gasteiger partial charge < -0.3 is 25.2 Å². The summed E-state index contributed by atoms with van der Waals surface area (Å²) >= 11 is 14.1. The molecular weight excluding hydrogens is 739 g/mol. The van der Waals surface area contributed by atoms with Gasteiger partial charge in [0.1, 0.15) is 5.75 Å². The van der Waals surface area contributed by atoms with Crippen LogP contribution in [0.4, 0.5) is 0 Å². The van der Waals surface area contributed by atoms with Gasteiger partial charge in [0, 0.05) is 65.8 Å². The molecule has 3 aromatic carbocycles. The zero-order valence-corrected chi connectivity index (χ0v) is 32.8. The molecule has 13 heteroatoms. The smallest absolute Gasteiger partial charge is 0.306 e. The monoisotopic (exact) mass is 784 g/mol. The van der Waals surface area contributed by atoms with Gasteiger partial charge in [0.15, 0.2) is 0 Å². The van der Waals surface area contributed by atoms with Crippen LogP contribution in [0.15, 0.2) is 66.9 Å². The molecule has 55 heavy (non-hydrogen) atoms. The third kappa shape index (κ3) is 8.45. The van der Waals surface area contributed by atoms with Crippen LogP contribution in [-0.4, -0.2) is 76.5 Å². The van der Waals surface area contributed by atoms with Crippen LogP contribution in [0.2, 0.25) is 10.0 Å². The van der Waals surface area contributed by atoms with E-state index in [1.807, 2.05) is 53.3 Å². The fraction of sp³-hybridized carbons (Fsp3) is 0.381. The lowest BCUT2D eigenvalue weighted by molar-refractivity contribution is -0.143. The van der Waals surface area contributed by atoms with Crippen LogP contribution in [0.5, 0.6) is 11.6 Å². The standard InChI is InChI=1S/C42H46Cl2N6O5/c1-49(30-15-12-25(13-16-30)42(52)53)23-28-18-35(43)36(48-41(28)55-3)24-50-37-9-5-7-32(34(37)22-46-50)33-8-4-6-31(40(33)44)26-10-11-27(38(19-26)54-2)20-45-21-29-14-17-39(51)47-29/h4-11,18-19,22,25,29-30,45H,12-17,20-21,23-24H2,1-3H3,(H,47,51)(H,52,53)/t25?,29-,30?/m0/s1. The number of carbonyl (C=O) groups excluding carboxylic acids is 1. The summed E-state index contributed by atoms with van der Waals surface area (Å²) in [6.45, 7) is 2.24. The average Bonchev–Trinajstić information content (AvgIpc) is 3.81. The molecule has 11 nitrogen and oxygen atoms in total. The molecule has 1 amide bonds. The lowest BCUT2D eigenvalue weighted by Gasteiger charge is -2.33. The molecule has 5 aromatic rings. The Labute approximate surface area is 330 Å². The summed E-state index contributed by atoms with van der Waals surface area (Å²) in [6.07, 6.45) is 6.32. The van der Waals surface area contributed by atoms with Gasteiger partial charge in [0.05, 0.1) is 54.1 Å². The van der Waals surface area contributed by atoms with E-state index in [0.717, 1.165) is 69.3 Å². The van der Waals surface area contributed by atoms with E-state index < -0.39 is 5.97 Å². The van der Waals surface area contributed by atoms with E-state index in [2.05, 4.69) is 40.8 Å². The number of methoxy groups -OCH3 is 2. The Morgan fingerprint density at radius 3 is 2.47 bits per heavy atom. The van der Waals surface area contributed by atoms with Crippen molar-refractivity contribution in [3.05, 3.63) is 93.7 Å². The van der Waals surface area contributed by atoms with Gasteiger partial charge >= 0.3 is 5.97 Å². The van der Waals surface area contributed by atoms with Crippen LogP contribution in [0.1, 0.15) is 55.3 Å². The molecular formula is C42H46Cl2N6O5. The predicted octanol–water partition coefficient (Wildman–Crippen LogP) is 7.58. The molecule has 2 aromatic heterocycles. The first-order valence-electron chi connectivity index (χ1n) is 18.7. The van der Waals surface area contributed by atoms with E-state index in [1.165, 1.54) is 0 Å². The Bertz CT molecular complexity index is 2200. The number of nitrogens with zero attached hydrogens (tertiary/aromatic N) is 4. The number of aliphatic carboxylic acids is 1. The quantitative estimate of drug-likeness (QED) is 0.104. The minimum absolute atomic E-state index is 0.110. The van der Waals surface area contributed by atoms with E-state index >= 15 is 0 Å². The van der Waals surface area contributed by atoms with Crippen molar-refractivity contribution in [3.8, 4) is 33.9 Å². The van der Waals surface area contributed by atoms with Gasteiger partial charge in [-0.2, -0.15) is 5.10 Å². The molecule has 1 saturated carbocycles. The van der Waals surface area contributed by atoms with Crippen molar-refractivity contribution in [2.75, 3.05) is 27.8 Å². The highest BCUT2D eigenvalue weighted by atomic mass is 35.5. The van der Waals surface area contributed by atoms with E-state index in [0.29, 0.717) is 67.1 Å². The van der Waals surface area contributed by atoms with E-state index in [-0.39, 0.29) is 23.9 Å². The van der Waals surface area contributed by atoms with Crippen molar-refractivity contribution < 1.29 is 24.2 Å². The molecule has 0 bridgehead atoms. The maximum absolute atomic E-state index is 11.6. The number of carboxylic acids is 1. The minimum Gasteiger partial charge on any atom is -0.496 e. The molecule has 288 valence electrons. The maximum Gasteiger partial charge on any atom is 0.306 e. The highest BCUT2D eigenvalue weighted by molar-refractivity contribution is 6.36. The number of benzene rings is 3. The summed E-state index contributed by atoms with van der Waals surface area (Å²) in [4.78, 5) is 30.1. The molecule has 3 N–H and O–H groups in total. The van der Waals surface area contributed by atoms with Gasteiger partial charge in [-0.05, 0) is 68.5 Å². The number of amides is 1. The third-order valence-corrected chi connectivity index (χ3v) is 11.8. The fourth-order valence-corrected chi connectivity index (χ4v) is 8.52.